The van der Waals surface area contributed by atoms with Crippen LogP contribution < -0.4 is 0 Å². The lowest BCUT2D eigenvalue weighted by Gasteiger charge is -2.13. The number of hydrogen-bond donors (Lipinski definition) is 1. The smallest absolute Gasteiger partial charge is 0.0998 e. The molecule has 1 atom stereocenters. The molecule has 0 radical (unpaired) electrons. The van der Waals surface area contributed by atoms with E-state index in [1.165, 1.54) is 0 Å². The van der Waals surface area contributed by atoms with Gasteiger partial charge in [-0.15, -0.1) is 11.6 Å². The van der Waals surface area contributed by atoms with Gasteiger partial charge in [-0.3, -0.25) is 0 Å². The Balaban J connectivity index is 2.63. The third kappa shape index (κ3) is 3.86. The highest BCUT2D eigenvalue weighted by Gasteiger charge is 2.10. The van der Waals surface area contributed by atoms with E-state index in [0.717, 1.165) is 24.0 Å². The van der Waals surface area contributed by atoms with Crippen molar-refractivity contribution in [3.05, 3.63) is 47.0 Å². The largest absolute Gasteiger partial charge is 0.384 e. The minimum atomic E-state index is -0.620. The molecule has 3 heteroatoms. The van der Waals surface area contributed by atoms with Gasteiger partial charge in [0.25, 0.3) is 0 Å². The van der Waals surface area contributed by atoms with Crippen LogP contribution in [-0.4, -0.2) is 11.0 Å². The lowest BCUT2D eigenvalue weighted by Crippen LogP contribution is -2.00. The van der Waals surface area contributed by atoms with Gasteiger partial charge in [0, 0.05) is 10.9 Å². The van der Waals surface area contributed by atoms with Crippen LogP contribution in [0.3, 0.4) is 0 Å². The van der Waals surface area contributed by atoms with E-state index in [1.54, 1.807) is 24.3 Å². The van der Waals surface area contributed by atoms with E-state index < -0.39 is 6.10 Å². The third-order valence-corrected chi connectivity index (χ3v) is 2.72. The summed E-state index contributed by atoms with van der Waals surface area (Å²) in [7, 11) is 0. The summed E-state index contributed by atoms with van der Waals surface area (Å²) in [5.41, 5.74) is 1.61. The SMILES string of the molecule is C=C(CCCCl)[C@@H](O)c1ccc(Cl)cc1. The molecule has 0 amide bonds. The summed E-state index contributed by atoms with van der Waals surface area (Å²) in [4.78, 5) is 0. The molecule has 0 heterocycles. The molecule has 82 valence electrons. The van der Waals surface area contributed by atoms with Crippen LogP contribution in [0.25, 0.3) is 0 Å². The molecular weight excluding hydrogens is 231 g/mol. The third-order valence-electron chi connectivity index (χ3n) is 2.20. The van der Waals surface area contributed by atoms with Gasteiger partial charge in [-0.1, -0.05) is 30.3 Å². The number of aliphatic hydroxyl groups is 1. The van der Waals surface area contributed by atoms with Crippen molar-refractivity contribution in [2.75, 3.05) is 5.88 Å². The van der Waals surface area contributed by atoms with Crippen LogP contribution in [0, 0.1) is 0 Å². The van der Waals surface area contributed by atoms with Crippen LogP contribution >= 0.6 is 23.2 Å². The Morgan fingerprint density at radius 3 is 2.47 bits per heavy atom. The van der Waals surface area contributed by atoms with Gasteiger partial charge in [0.05, 0.1) is 6.10 Å². The average Bonchev–Trinajstić information content (AvgIpc) is 2.26. The zero-order valence-corrected chi connectivity index (χ0v) is 9.93. The summed E-state index contributed by atoms with van der Waals surface area (Å²) in [6.07, 6.45) is 0.962. The van der Waals surface area contributed by atoms with Crippen LogP contribution in [0.15, 0.2) is 36.4 Å². The minimum Gasteiger partial charge on any atom is -0.384 e. The molecular formula is C12H14Cl2O. The fraction of sp³-hybridized carbons (Fsp3) is 0.333. The monoisotopic (exact) mass is 244 g/mol. The highest BCUT2D eigenvalue weighted by molar-refractivity contribution is 6.30. The first-order valence-corrected chi connectivity index (χ1v) is 5.73. The van der Waals surface area contributed by atoms with Gasteiger partial charge in [-0.25, -0.2) is 0 Å². The second kappa shape index (κ2) is 6.16. The van der Waals surface area contributed by atoms with E-state index in [9.17, 15) is 5.11 Å². The topological polar surface area (TPSA) is 20.2 Å². The Bertz CT molecular complexity index is 319. The van der Waals surface area contributed by atoms with Gasteiger partial charge < -0.3 is 5.11 Å². The fourth-order valence-corrected chi connectivity index (χ4v) is 1.57. The molecule has 0 saturated carbocycles. The van der Waals surface area contributed by atoms with E-state index in [4.69, 9.17) is 23.2 Å². The van der Waals surface area contributed by atoms with Crippen molar-refractivity contribution in [1.82, 2.24) is 0 Å². The van der Waals surface area contributed by atoms with Gasteiger partial charge in [-0.2, -0.15) is 0 Å². The molecule has 0 saturated heterocycles. The van der Waals surface area contributed by atoms with Crippen molar-refractivity contribution < 1.29 is 5.11 Å². The Hall–Kier alpha value is -0.500. The molecule has 0 fully saturated rings. The number of aliphatic hydroxyl groups excluding tert-OH is 1. The Kier molecular flexibility index (Phi) is 5.16. The van der Waals surface area contributed by atoms with Crippen LogP contribution in [0.4, 0.5) is 0 Å². The summed E-state index contributed by atoms with van der Waals surface area (Å²) in [6, 6.07) is 7.13. The zero-order chi connectivity index (χ0) is 11.3. The fourth-order valence-electron chi connectivity index (χ4n) is 1.31. The van der Waals surface area contributed by atoms with E-state index in [0.29, 0.717) is 10.9 Å². The summed E-state index contributed by atoms with van der Waals surface area (Å²) in [5, 5.41) is 10.6. The molecule has 0 aliphatic carbocycles. The maximum atomic E-state index is 9.92. The minimum absolute atomic E-state index is 0.590. The predicted molar refractivity (Wildman–Crippen MR) is 65.5 cm³/mol. The summed E-state index contributed by atoms with van der Waals surface area (Å²) >= 11 is 11.3. The number of halogens is 2. The quantitative estimate of drug-likeness (QED) is 0.615. The van der Waals surface area contributed by atoms with Gasteiger partial charge in [-0.05, 0) is 36.1 Å². The van der Waals surface area contributed by atoms with Crippen LogP contribution in [0.1, 0.15) is 24.5 Å². The lowest BCUT2D eigenvalue weighted by atomic mass is 10.00. The Labute approximate surface area is 100 Å². The number of alkyl halides is 1. The molecule has 1 aromatic rings. The summed E-state index contributed by atoms with van der Waals surface area (Å²) in [6.45, 7) is 3.85. The van der Waals surface area contributed by atoms with Crippen molar-refractivity contribution in [3.8, 4) is 0 Å². The first-order chi connectivity index (χ1) is 7.15. The molecule has 0 aromatic heterocycles. The van der Waals surface area contributed by atoms with Crippen LogP contribution in [0.2, 0.25) is 5.02 Å². The van der Waals surface area contributed by atoms with Gasteiger partial charge in [0.15, 0.2) is 0 Å². The first-order valence-electron chi connectivity index (χ1n) is 4.82. The Morgan fingerprint density at radius 1 is 1.33 bits per heavy atom. The van der Waals surface area contributed by atoms with Crippen LogP contribution in [0.5, 0.6) is 0 Å². The highest BCUT2D eigenvalue weighted by atomic mass is 35.5. The average molecular weight is 245 g/mol. The van der Waals surface area contributed by atoms with Gasteiger partial charge >= 0.3 is 0 Å². The first kappa shape index (κ1) is 12.6. The molecule has 1 N–H and O–H groups in total. The maximum Gasteiger partial charge on any atom is 0.0998 e. The molecule has 0 bridgehead atoms. The zero-order valence-electron chi connectivity index (χ0n) is 8.42. The molecule has 0 spiro atoms. The molecule has 15 heavy (non-hydrogen) atoms. The lowest BCUT2D eigenvalue weighted by molar-refractivity contribution is 0.211. The predicted octanol–water partition coefficient (Wildman–Crippen LogP) is 3.95. The molecule has 0 aliphatic heterocycles. The van der Waals surface area contributed by atoms with Crippen molar-refractivity contribution in [2.45, 2.75) is 18.9 Å². The van der Waals surface area contributed by atoms with Crippen molar-refractivity contribution in [1.29, 1.82) is 0 Å². The van der Waals surface area contributed by atoms with E-state index in [2.05, 4.69) is 6.58 Å². The van der Waals surface area contributed by atoms with Crippen molar-refractivity contribution >= 4 is 23.2 Å². The molecule has 1 nitrogen and oxygen atoms in total. The second-order valence-corrected chi connectivity index (χ2v) is 4.22. The second-order valence-electron chi connectivity index (χ2n) is 3.40. The number of hydrogen-bond acceptors (Lipinski definition) is 1. The van der Waals surface area contributed by atoms with Crippen LogP contribution in [-0.2, 0) is 0 Å². The highest BCUT2D eigenvalue weighted by Crippen LogP contribution is 2.24. The maximum absolute atomic E-state index is 9.92. The van der Waals surface area contributed by atoms with Crippen molar-refractivity contribution in [2.24, 2.45) is 0 Å². The number of benzene rings is 1. The Morgan fingerprint density at radius 2 is 1.93 bits per heavy atom. The number of rotatable bonds is 5. The molecule has 0 aliphatic rings. The van der Waals surface area contributed by atoms with E-state index in [1.807, 2.05) is 0 Å². The summed E-state index contributed by atoms with van der Waals surface area (Å²) < 4.78 is 0. The molecule has 1 rings (SSSR count). The van der Waals surface area contributed by atoms with E-state index in [-0.39, 0.29) is 0 Å². The normalized spacial score (nSPS) is 12.5. The van der Waals surface area contributed by atoms with Gasteiger partial charge in [0.1, 0.15) is 0 Å². The summed E-state index contributed by atoms with van der Waals surface area (Å²) in [5.74, 6) is 0.590. The van der Waals surface area contributed by atoms with Gasteiger partial charge in [0.2, 0.25) is 0 Å². The molecule has 1 aromatic carbocycles. The van der Waals surface area contributed by atoms with Crippen molar-refractivity contribution in [3.63, 3.8) is 0 Å². The standard InChI is InChI=1S/C12H14Cl2O/c1-9(3-2-8-13)12(15)10-4-6-11(14)7-5-10/h4-7,12,15H,1-3,8H2/t12-/m1/s1. The van der Waals surface area contributed by atoms with E-state index >= 15 is 0 Å². The molecule has 0 unspecified atom stereocenters.